The molecule has 3 heterocycles. The maximum Gasteiger partial charge on any atom is 0.273 e. The van der Waals surface area contributed by atoms with E-state index in [-0.39, 0.29) is 17.9 Å². The molecule has 6 nitrogen and oxygen atoms in total. The molecule has 4 rings (SSSR count). The second-order valence-electron chi connectivity index (χ2n) is 6.66. The molecule has 0 saturated carbocycles. The van der Waals surface area contributed by atoms with E-state index in [9.17, 15) is 9.59 Å². The summed E-state index contributed by atoms with van der Waals surface area (Å²) >= 11 is 1.47. The van der Waals surface area contributed by atoms with Crippen molar-refractivity contribution in [1.29, 1.82) is 0 Å². The van der Waals surface area contributed by atoms with Gasteiger partial charge in [0.25, 0.3) is 11.8 Å². The first-order chi connectivity index (χ1) is 12.6. The number of hydrogen-bond acceptors (Lipinski definition) is 4. The number of ether oxygens (including phenoxy) is 1. The lowest BCUT2D eigenvalue weighted by molar-refractivity contribution is 0.0906. The van der Waals surface area contributed by atoms with E-state index < -0.39 is 0 Å². The summed E-state index contributed by atoms with van der Waals surface area (Å²) in [6, 6.07) is 7.26. The summed E-state index contributed by atoms with van der Waals surface area (Å²) < 4.78 is 7.43. The fraction of sp³-hybridized carbons (Fsp3) is 0.368. The van der Waals surface area contributed by atoms with Crippen LogP contribution >= 0.6 is 11.9 Å². The van der Waals surface area contributed by atoms with E-state index in [1.54, 1.807) is 12.1 Å². The van der Waals surface area contributed by atoms with Crippen LogP contribution in [-0.2, 0) is 4.74 Å². The van der Waals surface area contributed by atoms with Crippen molar-refractivity contribution in [1.82, 2.24) is 9.29 Å². The Balaban J connectivity index is 1.45. The molecule has 7 heteroatoms. The summed E-state index contributed by atoms with van der Waals surface area (Å²) in [5.41, 5.74) is 2.84. The number of aryl methyl sites for hydroxylation is 1. The van der Waals surface area contributed by atoms with E-state index in [2.05, 4.69) is 10.6 Å². The van der Waals surface area contributed by atoms with E-state index in [4.69, 9.17) is 4.74 Å². The summed E-state index contributed by atoms with van der Waals surface area (Å²) in [4.78, 5) is 25.7. The van der Waals surface area contributed by atoms with E-state index in [0.29, 0.717) is 23.5 Å². The average Bonchev–Trinajstić information content (AvgIpc) is 3.23. The summed E-state index contributed by atoms with van der Waals surface area (Å²) in [5.74, 6) is -0.301. The van der Waals surface area contributed by atoms with Crippen LogP contribution in [0, 0.1) is 6.92 Å². The zero-order chi connectivity index (χ0) is 18.1. The summed E-state index contributed by atoms with van der Waals surface area (Å²) in [6.45, 7) is 3.37. The van der Waals surface area contributed by atoms with Crippen molar-refractivity contribution < 1.29 is 14.3 Å². The molecule has 2 amide bonds. The molecule has 1 unspecified atom stereocenters. The van der Waals surface area contributed by atoms with Crippen LogP contribution in [0.15, 0.2) is 35.4 Å². The monoisotopic (exact) mass is 371 g/mol. The smallest absolute Gasteiger partial charge is 0.273 e. The highest BCUT2D eigenvalue weighted by Gasteiger charge is 2.22. The van der Waals surface area contributed by atoms with Crippen molar-refractivity contribution in [3.05, 3.63) is 47.3 Å². The van der Waals surface area contributed by atoms with Crippen molar-refractivity contribution in [3.63, 3.8) is 0 Å². The van der Waals surface area contributed by atoms with Gasteiger partial charge in [-0.1, -0.05) is 0 Å². The molecule has 1 aromatic heterocycles. The average molecular weight is 371 g/mol. The molecule has 1 fully saturated rings. The van der Waals surface area contributed by atoms with Crippen LogP contribution in [0.4, 0.5) is 5.69 Å². The van der Waals surface area contributed by atoms with Gasteiger partial charge in [-0.25, -0.2) is 0 Å². The number of aromatic nitrogens is 1. The molecular weight excluding hydrogens is 350 g/mol. The second kappa shape index (κ2) is 7.17. The van der Waals surface area contributed by atoms with Crippen molar-refractivity contribution >= 4 is 29.4 Å². The molecule has 2 aliphatic heterocycles. The molecule has 2 aliphatic rings. The van der Waals surface area contributed by atoms with Gasteiger partial charge < -0.3 is 15.4 Å². The molecule has 0 aliphatic carbocycles. The Hall–Kier alpha value is -2.25. The fourth-order valence-corrected chi connectivity index (χ4v) is 4.28. The largest absolute Gasteiger partial charge is 0.378 e. The third-order valence-electron chi connectivity index (χ3n) is 4.62. The van der Waals surface area contributed by atoms with Gasteiger partial charge in [0.2, 0.25) is 0 Å². The zero-order valence-corrected chi connectivity index (χ0v) is 15.4. The van der Waals surface area contributed by atoms with Crippen LogP contribution in [0.3, 0.4) is 0 Å². The third kappa shape index (κ3) is 3.50. The molecule has 1 aromatic carbocycles. The van der Waals surface area contributed by atoms with Crippen LogP contribution in [0.5, 0.6) is 0 Å². The number of benzene rings is 1. The van der Waals surface area contributed by atoms with Crippen molar-refractivity contribution in [2.24, 2.45) is 0 Å². The number of nitrogens with zero attached hydrogens (tertiary/aromatic N) is 1. The molecule has 2 N–H and O–H groups in total. The standard InChI is InChI=1S/C19H21N3O3S/c1-12-9-16-19(24)21-15-10-13(4-5-17(15)26-22(16)11-12)18(23)20-7-6-14-3-2-8-25-14/h4-5,9-11,14H,2-3,6-8H2,1H3,(H,20,23)(H,21,24). The highest BCUT2D eigenvalue weighted by Crippen LogP contribution is 2.34. The topological polar surface area (TPSA) is 72.4 Å². The molecule has 136 valence electrons. The molecule has 2 aromatic rings. The van der Waals surface area contributed by atoms with Gasteiger partial charge in [0, 0.05) is 24.9 Å². The first kappa shape index (κ1) is 17.2. The first-order valence-electron chi connectivity index (χ1n) is 8.83. The van der Waals surface area contributed by atoms with Crippen LogP contribution in [0.25, 0.3) is 0 Å². The number of nitrogens with one attached hydrogen (secondary N) is 2. The van der Waals surface area contributed by atoms with Gasteiger partial charge in [0.15, 0.2) is 0 Å². The van der Waals surface area contributed by atoms with Crippen molar-refractivity contribution in [2.45, 2.75) is 37.2 Å². The second-order valence-corrected chi connectivity index (χ2v) is 7.68. The molecule has 1 atom stereocenters. The molecule has 0 bridgehead atoms. The van der Waals surface area contributed by atoms with Gasteiger partial charge in [0.1, 0.15) is 5.69 Å². The maximum absolute atomic E-state index is 12.4. The molecule has 1 saturated heterocycles. The molecular formula is C19H21N3O3S. The summed E-state index contributed by atoms with van der Waals surface area (Å²) in [7, 11) is 0. The molecule has 0 radical (unpaired) electrons. The Morgan fingerprint density at radius 1 is 1.42 bits per heavy atom. The van der Waals surface area contributed by atoms with Gasteiger partial charge in [-0.3, -0.25) is 13.6 Å². The molecule has 0 spiro atoms. The van der Waals surface area contributed by atoms with Crippen LogP contribution < -0.4 is 10.6 Å². The van der Waals surface area contributed by atoms with Crippen LogP contribution in [-0.4, -0.2) is 35.0 Å². The predicted octanol–water partition coefficient (Wildman–Crippen LogP) is 3.22. The van der Waals surface area contributed by atoms with Gasteiger partial charge in [0.05, 0.1) is 16.7 Å². The number of anilines is 1. The maximum atomic E-state index is 12.4. The van der Waals surface area contributed by atoms with Crippen molar-refractivity contribution in [2.75, 3.05) is 18.5 Å². The lowest BCUT2D eigenvalue weighted by Crippen LogP contribution is -2.27. The van der Waals surface area contributed by atoms with Gasteiger partial charge >= 0.3 is 0 Å². The third-order valence-corrected chi connectivity index (χ3v) is 5.67. The minimum Gasteiger partial charge on any atom is -0.378 e. The number of amides is 2. The van der Waals surface area contributed by atoms with E-state index >= 15 is 0 Å². The van der Waals surface area contributed by atoms with E-state index in [0.717, 1.165) is 36.3 Å². The Labute approximate surface area is 156 Å². The summed E-state index contributed by atoms with van der Waals surface area (Å²) in [6.07, 6.45) is 5.19. The first-order valence-corrected chi connectivity index (χ1v) is 9.60. The Bertz CT molecular complexity index is 856. The lowest BCUT2D eigenvalue weighted by atomic mass is 10.1. The van der Waals surface area contributed by atoms with E-state index in [1.165, 1.54) is 11.9 Å². The minimum absolute atomic E-state index is 0.134. The quantitative estimate of drug-likeness (QED) is 0.866. The normalized spacial score (nSPS) is 18.7. The van der Waals surface area contributed by atoms with Gasteiger partial charge in [-0.05, 0) is 68.0 Å². The fourth-order valence-electron chi connectivity index (χ4n) is 3.27. The summed E-state index contributed by atoms with van der Waals surface area (Å²) in [5, 5.41) is 5.84. The Kier molecular flexibility index (Phi) is 4.74. The predicted molar refractivity (Wildman–Crippen MR) is 101 cm³/mol. The number of fused-ring (bicyclic) bond motifs is 2. The highest BCUT2D eigenvalue weighted by atomic mass is 32.2. The number of carbonyl (C=O) groups excluding carboxylic acids is 2. The van der Waals surface area contributed by atoms with Gasteiger partial charge in [-0.2, -0.15) is 0 Å². The van der Waals surface area contributed by atoms with Crippen LogP contribution in [0.1, 0.15) is 45.7 Å². The Morgan fingerprint density at radius 2 is 2.31 bits per heavy atom. The van der Waals surface area contributed by atoms with Crippen LogP contribution in [0.2, 0.25) is 0 Å². The number of hydrogen-bond donors (Lipinski definition) is 2. The zero-order valence-electron chi connectivity index (χ0n) is 14.6. The molecule has 26 heavy (non-hydrogen) atoms. The van der Waals surface area contributed by atoms with E-state index in [1.807, 2.05) is 29.2 Å². The highest BCUT2D eigenvalue weighted by molar-refractivity contribution is 7.98. The number of rotatable bonds is 4. The SMILES string of the molecule is Cc1cc2n(c1)Sc1ccc(C(=O)NCCC3CCCO3)cc1NC2=O. The lowest BCUT2D eigenvalue weighted by Gasteiger charge is -2.11. The number of carbonyl (C=O) groups is 2. The van der Waals surface area contributed by atoms with Crippen molar-refractivity contribution in [3.8, 4) is 0 Å². The van der Waals surface area contributed by atoms with Gasteiger partial charge in [-0.15, -0.1) is 0 Å². The minimum atomic E-state index is -0.166. The Morgan fingerprint density at radius 3 is 3.12 bits per heavy atom.